The van der Waals surface area contributed by atoms with Crippen LogP contribution in [-0.2, 0) is 4.74 Å². The standard InChI is InChI=1S/C19H26N4O3S/c1-13-4-3-7-23(12-13)19(24)21-18-20-16-15(25-2)6-5-14(17(16)27-18)22-8-10-26-11-9-22/h5-6,13H,3-4,7-12H2,1-2H3,(H,20,21,24)/t13-/m0/s1. The SMILES string of the molecule is COc1ccc(N2CCOCC2)c2sc(NC(=O)N3CCC[C@H](C)C3)nc12. The van der Waals surface area contributed by atoms with Crippen molar-refractivity contribution in [1.29, 1.82) is 0 Å². The molecule has 1 aromatic heterocycles. The highest BCUT2D eigenvalue weighted by Gasteiger charge is 2.23. The summed E-state index contributed by atoms with van der Waals surface area (Å²) in [6, 6.07) is 3.96. The molecule has 1 N–H and O–H groups in total. The molecular weight excluding hydrogens is 364 g/mol. The Kier molecular flexibility index (Phi) is 5.36. The number of benzene rings is 1. The number of hydrogen-bond donors (Lipinski definition) is 1. The smallest absolute Gasteiger partial charge is 0.323 e. The summed E-state index contributed by atoms with van der Waals surface area (Å²) in [5.74, 6) is 1.28. The number of fused-ring (bicyclic) bond motifs is 1. The Morgan fingerprint density at radius 2 is 2.15 bits per heavy atom. The number of amides is 2. The van der Waals surface area contributed by atoms with Gasteiger partial charge in [0.25, 0.3) is 0 Å². The lowest BCUT2D eigenvalue weighted by atomic mass is 10.0. The first-order valence-electron chi connectivity index (χ1n) is 9.52. The molecule has 4 rings (SSSR count). The van der Waals surface area contributed by atoms with E-state index >= 15 is 0 Å². The highest BCUT2D eigenvalue weighted by Crippen LogP contribution is 2.39. The molecule has 0 radical (unpaired) electrons. The largest absolute Gasteiger partial charge is 0.494 e. The van der Waals surface area contributed by atoms with Gasteiger partial charge in [-0.25, -0.2) is 9.78 Å². The average molecular weight is 391 g/mol. The number of methoxy groups -OCH3 is 1. The van der Waals surface area contributed by atoms with Gasteiger partial charge in [-0.15, -0.1) is 0 Å². The number of anilines is 2. The Balaban J connectivity index is 1.61. The maximum absolute atomic E-state index is 12.7. The van der Waals surface area contributed by atoms with E-state index in [-0.39, 0.29) is 6.03 Å². The predicted octanol–water partition coefficient (Wildman–Crippen LogP) is 3.41. The van der Waals surface area contributed by atoms with Crippen LogP contribution >= 0.6 is 11.3 Å². The van der Waals surface area contributed by atoms with E-state index in [1.54, 1.807) is 7.11 Å². The summed E-state index contributed by atoms with van der Waals surface area (Å²) in [5.41, 5.74) is 1.92. The van der Waals surface area contributed by atoms with Gasteiger partial charge in [-0.1, -0.05) is 18.3 Å². The first-order chi connectivity index (χ1) is 13.2. The quantitative estimate of drug-likeness (QED) is 0.870. The first-order valence-corrected chi connectivity index (χ1v) is 10.3. The van der Waals surface area contributed by atoms with Crippen LogP contribution in [0.1, 0.15) is 19.8 Å². The normalized spacial score (nSPS) is 20.7. The van der Waals surface area contributed by atoms with Crippen LogP contribution in [0.5, 0.6) is 5.75 Å². The number of ether oxygens (including phenoxy) is 2. The average Bonchev–Trinajstić information content (AvgIpc) is 3.11. The van der Waals surface area contributed by atoms with E-state index in [1.165, 1.54) is 17.8 Å². The minimum Gasteiger partial charge on any atom is -0.494 e. The number of piperidine rings is 1. The van der Waals surface area contributed by atoms with Crippen LogP contribution in [0.3, 0.4) is 0 Å². The molecular formula is C19H26N4O3S. The van der Waals surface area contributed by atoms with Crippen LogP contribution < -0.4 is 15.0 Å². The molecule has 0 unspecified atom stereocenters. The maximum Gasteiger partial charge on any atom is 0.323 e. The second kappa shape index (κ2) is 7.90. The van der Waals surface area contributed by atoms with Crippen molar-refractivity contribution in [3.8, 4) is 5.75 Å². The summed E-state index contributed by atoms with van der Waals surface area (Å²) >= 11 is 1.51. The number of aromatic nitrogens is 1. The molecule has 7 nitrogen and oxygen atoms in total. The van der Waals surface area contributed by atoms with Gasteiger partial charge in [0.2, 0.25) is 0 Å². The Hall–Kier alpha value is -2.06. The van der Waals surface area contributed by atoms with Gasteiger partial charge in [0.1, 0.15) is 11.3 Å². The summed E-state index contributed by atoms with van der Waals surface area (Å²) in [7, 11) is 1.65. The molecule has 1 aromatic carbocycles. The molecule has 0 saturated carbocycles. The number of thiazole rings is 1. The van der Waals surface area contributed by atoms with E-state index in [1.807, 2.05) is 11.0 Å². The maximum atomic E-state index is 12.7. The molecule has 1 atom stereocenters. The minimum atomic E-state index is -0.0625. The summed E-state index contributed by atoms with van der Waals surface area (Å²) in [5, 5.41) is 3.62. The number of morpholine rings is 1. The zero-order chi connectivity index (χ0) is 18.8. The molecule has 0 spiro atoms. The Morgan fingerprint density at radius 3 is 2.89 bits per heavy atom. The van der Waals surface area contributed by atoms with Crippen molar-refractivity contribution in [3.05, 3.63) is 12.1 Å². The van der Waals surface area contributed by atoms with Gasteiger partial charge in [0.15, 0.2) is 5.13 Å². The first kappa shape index (κ1) is 18.3. The fraction of sp³-hybridized carbons (Fsp3) is 0.579. The number of urea groups is 1. The fourth-order valence-electron chi connectivity index (χ4n) is 3.79. The number of likely N-dealkylation sites (tertiary alicyclic amines) is 1. The molecule has 0 bridgehead atoms. The molecule has 146 valence electrons. The number of hydrogen-bond acceptors (Lipinski definition) is 6. The monoisotopic (exact) mass is 390 g/mol. The summed E-state index contributed by atoms with van der Waals surface area (Å²) in [6.45, 7) is 6.96. The van der Waals surface area contributed by atoms with Crippen molar-refractivity contribution in [2.24, 2.45) is 5.92 Å². The number of carbonyl (C=O) groups is 1. The number of carbonyl (C=O) groups excluding carboxylic acids is 1. The Morgan fingerprint density at radius 1 is 1.33 bits per heavy atom. The molecule has 0 aliphatic carbocycles. The van der Waals surface area contributed by atoms with Gasteiger partial charge in [-0.05, 0) is 30.9 Å². The molecule has 8 heteroatoms. The summed E-state index contributed by atoms with van der Waals surface area (Å²) < 4.78 is 12.0. The topological polar surface area (TPSA) is 66.9 Å². The zero-order valence-corrected chi connectivity index (χ0v) is 16.7. The highest BCUT2D eigenvalue weighted by atomic mass is 32.1. The Bertz CT molecular complexity index is 819. The third kappa shape index (κ3) is 3.82. The van der Waals surface area contributed by atoms with E-state index in [2.05, 4.69) is 28.2 Å². The van der Waals surface area contributed by atoms with Gasteiger partial charge in [0, 0.05) is 26.2 Å². The molecule has 2 aromatic rings. The lowest BCUT2D eigenvalue weighted by molar-refractivity contribution is 0.123. The van der Waals surface area contributed by atoms with E-state index in [0.717, 1.165) is 67.5 Å². The Labute approximate surface area is 163 Å². The third-order valence-electron chi connectivity index (χ3n) is 5.22. The van der Waals surface area contributed by atoms with Crippen molar-refractivity contribution in [1.82, 2.24) is 9.88 Å². The fourth-order valence-corrected chi connectivity index (χ4v) is 4.80. The number of rotatable bonds is 3. The van der Waals surface area contributed by atoms with Crippen LogP contribution in [0, 0.1) is 5.92 Å². The van der Waals surface area contributed by atoms with Crippen LogP contribution in [-0.4, -0.2) is 62.4 Å². The predicted molar refractivity (Wildman–Crippen MR) is 108 cm³/mol. The molecule has 2 aliphatic heterocycles. The van der Waals surface area contributed by atoms with Crippen molar-refractivity contribution < 1.29 is 14.3 Å². The van der Waals surface area contributed by atoms with Gasteiger partial charge < -0.3 is 19.3 Å². The molecule has 2 amide bonds. The van der Waals surface area contributed by atoms with Crippen LogP contribution in [0.15, 0.2) is 12.1 Å². The lowest BCUT2D eigenvalue weighted by Gasteiger charge is -2.30. The number of nitrogens with one attached hydrogen (secondary N) is 1. The molecule has 2 aliphatic rings. The van der Waals surface area contributed by atoms with Crippen molar-refractivity contribution >= 4 is 38.4 Å². The summed E-state index contributed by atoms with van der Waals surface area (Å²) in [4.78, 5) is 21.5. The van der Waals surface area contributed by atoms with Gasteiger partial charge in [0.05, 0.1) is 30.7 Å². The highest BCUT2D eigenvalue weighted by molar-refractivity contribution is 7.23. The van der Waals surface area contributed by atoms with Gasteiger partial charge in [-0.2, -0.15) is 0 Å². The van der Waals surface area contributed by atoms with E-state index in [9.17, 15) is 4.79 Å². The van der Waals surface area contributed by atoms with Crippen molar-refractivity contribution in [2.45, 2.75) is 19.8 Å². The van der Waals surface area contributed by atoms with Crippen LogP contribution in [0.2, 0.25) is 0 Å². The van der Waals surface area contributed by atoms with Crippen molar-refractivity contribution in [3.63, 3.8) is 0 Å². The molecule has 2 saturated heterocycles. The van der Waals surface area contributed by atoms with E-state index in [4.69, 9.17) is 9.47 Å². The van der Waals surface area contributed by atoms with Gasteiger partial charge >= 0.3 is 6.03 Å². The second-order valence-corrected chi connectivity index (χ2v) is 8.21. The molecule has 27 heavy (non-hydrogen) atoms. The van der Waals surface area contributed by atoms with E-state index in [0.29, 0.717) is 11.0 Å². The summed E-state index contributed by atoms with van der Waals surface area (Å²) in [6.07, 6.45) is 2.24. The van der Waals surface area contributed by atoms with Crippen molar-refractivity contribution in [2.75, 3.05) is 56.7 Å². The third-order valence-corrected chi connectivity index (χ3v) is 6.21. The van der Waals surface area contributed by atoms with Crippen LogP contribution in [0.4, 0.5) is 15.6 Å². The molecule has 2 fully saturated rings. The second-order valence-electron chi connectivity index (χ2n) is 7.21. The minimum absolute atomic E-state index is 0.0625. The lowest BCUT2D eigenvalue weighted by Crippen LogP contribution is -2.41. The van der Waals surface area contributed by atoms with Crippen LogP contribution in [0.25, 0.3) is 10.2 Å². The van der Waals surface area contributed by atoms with Gasteiger partial charge in [-0.3, -0.25) is 5.32 Å². The zero-order valence-electron chi connectivity index (χ0n) is 15.9. The number of nitrogens with zero attached hydrogens (tertiary/aromatic N) is 3. The van der Waals surface area contributed by atoms with E-state index < -0.39 is 0 Å². The molecule has 3 heterocycles.